The van der Waals surface area contributed by atoms with Gasteiger partial charge in [-0.25, -0.2) is 0 Å². The Hall–Kier alpha value is -4.11. The Kier molecular flexibility index (Phi) is 8.21. The maximum absolute atomic E-state index is 13.1. The topological polar surface area (TPSA) is 90.8 Å². The molecule has 1 amide bonds. The van der Waals surface area contributed by atoms with Crippen molar-refractivity contribution in [3.05, 3.63) is 103 Å². The minimum absolute atomic E-state index is 0.00722. The Labute approximate surface area is 246 Å². The molecular weight excluding hydrogens is 584 g/mol. The Morgan fingerprint density at radius 1 is 1.10 bits per heavy atom. The molecule has 1 aliphatic carbocycles. The van der Waals surface area contributed by atoms with Crippen molar-refractivity contribution in [1.82, 2.24) is 4.57 Å². The van der Waals surface area contributed by atoms with Crippen molar-refractivity contribution in [2.45, 2.75) is 46.1 Å². The van der Waals surface area contributed by atoms with Crippen molar-refractivity contribution in [1.29, 1.82) is 10.5 Å². The third-order valence-electron chi connectivity index (χ3n) is 7.06. The third-order valence-corrected chi connectivity index (χ3v) is 8.79. The van der Waals surface area contributed by atoms with Gasteiger partial charge >= 0.3 is 0 Å². The number of rotatable bonds is 7. The molecule has 0 unspecified atom stereocenters. The number of nitrogens with zero attached hydrogens (tertiary/aromatic N) is 3. The first-order chi connectivity index (χ1) is 19.4. The maximum Gasteiger partial charge on any atom is 0.266 e. The zero-order chi connectivity index (χ0) is 28.2. The van der Waals surface area contributed by atoms with E-state index in [1.807, 2.05) is 74.5 Å². The number of ether oxygens (including phenoxy) is 1. The summed E-state index contributed by atoms with van der Waals surface area (Å²) in [5.41, 5.74) is 6.28. The fraction of sp³-hybridized carbons (Fsp3) is 0.219. The summed E-state index contributed by atoms with van der Waals surface area (Å²) in [6, 6.07) is 22.1. The highest BCUT2D eigenvalue weighted by atomic mass is 79.9. The second-order valence-electron chi connectivity index (χ2n) is 9.72. The van der Waals surface area contributed by atoms with E-state index in [2.05, 4.69) is 31.9 Å². The lowest BCUT2D eigenvalue weighted by Gasteiger charge is -2.12. The fourth-order valence-corrected chi connectivity index (χ4v) is 6.52. The molecule has 2 aromatic heterocycles. The van der Waals surface area contributed by atoms with Crippen molar-refractivity contribution in [3.63, 3.8) is 0 Å². The van der Waals surface area contributed by atoms with Crippen molar-refractivity contribution in [2.24, 2.45) is 0 Å². The Morgan fingerprint density at radius 2 is 1.82 bits per heavy atom. The summed E-state index contributed by atoms with van der Waals surface area (Å²) in [4.78, 5) is 14.3. The maximum atomic E-state index is 13.1. The van der Waals surface area contributed by atoms with Crippen molar-refractivity contribution in [3.8, 4) is 23.6 Å². The quantitative estimate of drug-likeness (QED) is 0.171. The zero-order valence-electron chi connectivity index (χ0n) is 22.3. The fourth-order valence-electron chi connectivity index (χ4n) is 5.02. The summed E-state index contributed by atoms with van der Waals surface area (Å²) in [5, 5.41) is 22.9. The van der Waals surface area contributed by atoms with Gasteiger partial charge in [-0.05, 0) is 105 Å². The summed E-state index contributed by atoms with van der Waals surface area (Å²) < 4.78 is 9.05. The number of aryl methyl sites for hydroxylation is 2. The van der Waals surface area contributed by atoms with Gasteiger partial charge < -0.3 is 14.6 Å². The number of carbonyl (C=O) groups excluding carboxylic acids is 1. The van der Waals surface area contributed by atoms with Gasteiger partial charge in [0.25, 0.3) is 5.91 Å². The molecule has 200 valence electrons. The number of hydrogen-bond acceptors (Lipinski definition) is 5. The number of aromatic nitrogens is 1. The van der Waals surface area contributed by atoms with Crippen LogP contribution >= 0.6 is 27.3 Å². The molecule has 4 aromatic rings. The number of benzene rings is 2. The average molecular weight is 612 g/mol. The highest BCUT2D eigenvalue weighted by molar-refractivity contribution is 9.10. The lowest BCUT2D eigenvalue weighted by Crippen LogP contribution is -2.13. The van der Waals surface area contributed by atoms with Gasteiger partial charge in [0.2, 0.25) is 0 Å². The number of amides is 1. The van der Waals surface area contributed by atoms with E-state index in [4.69, 9.17) is 4.74 Å². The van der Waals surface area contributed by atoms with Crippen LogP contribution in [0.15, 0.2) is 64.6 Å². The van der Waals surface area contributed by atoms with Crippen molar-refractivity contribution < 1.29 is 9.53 Å². The molecule has 6 nitrogen and oxygen atoms in total. The van der Waals surface area contributed by atoms with E-state index < -0.39 is 5.91 Å². The predicted octanol–water partition coefficient (Wildman–Crippen LogP) is 7.79. The van der Waals surface area contributed by atoms with Crippen molar-refractivity contribution >= 4 is 44.3 Å². The number of halogens is 1. The molecule has 0 bridgehead atoms. The summed E-state index contributed by atoms with van der Waals surface area (Å²) in [6.07, 6.45) is 5.54. The Balaban J connectivity index is 1.33. The van der Waals surface area contributed by atoms with Gasteiger partial charge in [-0.1, -0.05) is 28.1 Å². The van der Waals surface area contributed by atoms with E-state index in [1.54, 1.807) is 6.08 Å². The number of nitriles is 2. The van der Waals surface area contributed by atoms with E-state index in [1.165, 1.54) is 11.3 Å². The molecule has 8 heteroatoms. The van der Waals surface area contributed by atoms with Crippen LogP contribution in [0.1, 0.15) is 51.4 Å². The molecule has 1 aliphatic rings. The predicted molar refractivity (Wildman–Crippen MR) is 162 cm³/mol. The van der Waals surface area contributed by atoms with Gasteiger partial charge in [0.1, 0.15) is 35.1 Å². The summed E-state index contributed by atoms with van der Waals surface area (Å²) >= 11 is 4.90. The van der Waals surface area contributed by atoms with Gasteiger partial charge in [0.05, 0.1) is 5.56 Å². The third kappa shape index (κ3) is 5.74. The Morgan fingerprint density at radius 3 is 2.52 bits per heavy atom. The van der Waals surface area contributed by atoms with Crippen LogP contribution in [0.3, 0.4) is 0 Å². The van der Waals surface area contributed by atoms with Gasteiger partial charge in [-0.3, -0.25) is 4.79 Å². The van der Waals surface area contributed by atoms with E-state index >= 15 is 0 Å². The smallest absolute Gasteiger partial charge is 0.266 e. The average Bonchev–Trinajstić information content (AvgIpc) is 3.46. The standard InChI is InChI=1S/C32H27BrN4O2S/c1-20-15-23(16-24(17-34)31(38)36-32-29(18-35)28-5-3-4-6-30(28)40-32)21(2)37(20)26-11-13-27(14-12-26)39-19-22-7-9-25(33)10-8-22/h7-16H,3-6,19H2,1-2H3,(H,36,38)/b24-16+. The summed E-state index contributed by atoms with van der Waals surface area (Å²) in [6.45, 7) is 4.43. The highest BCUT2D eigenvalue weighted by Gasteiger charge is 2.23. The highest BCUT2D eigenvalue weighted by Crippen LogP contribution is 2.38. The molecule has 0 spiro atoms. The number of nitrogens with one attached hydrogen (secondary N) is 1. The molecule has 0 atom stereocenters. The van der Waals surface area contributed by atoms with E-state index in [0.717, 1.165) is 74.5 Å². The van der Waals surface area contributed by atoms with Crippen LogP contribution in [-0.4, -0.2) is 10.5 Å². The lowest BCUT2D eigenvalue weighted by atomic mass is 9.96. The van der Waals surface area contributed by atoms with Gasteiger partial charge in [-0.15, -0.1) is 11.3 Å². The summed E-state index contributed by atoms with van der Waals surface area (Å²) in [7, 11) is 0. The zero-order valence-corrected chi connectivity index (χ0v) is 24.7. The van der Waals surface area contributed by atoms with Gasteiger partial charge in [0, 0.05) is 26.4 Å². The monoisotopic (exact) mass is 610 g/mol. The largest absolute Gasteiger partial charge is 0.489 e. The second kappa shape index (κ2) is 12.0. The van der Waals surface area contributed by atoms with Gasteiger partial charge in [0.15, 0.2) is 0 Å². The second-order valence-corrected chi connectivity index (χ2v) is 11.7. The molecule has 40 heavy (non-hydrogen) atoms. The van der Waals surface area contributed by atoms with Crippen LogP contribution < -0.4 is 10.1 Å². The van der Waals surface area contributed by atoms with Crippen molar-refractivity contribution in [2.75, 3.05) is 5.32 Å². The number of carbonyl (C=O) groups is 1. The number of thiophene rings is 1. The SMILES string of the molecule is Cc1cc(/C=C(\C#N)C(=O)Nc2sc3c(c2C#N)CCCC3)c(C)n1-c1ccc(OCc2ccc(Br)cc2)cc1. The van der Waals surface area contributed by atoms with E-state index in [-0.39, 0.29) is 5.57 Å². The normalized spacial score (nSPS) is 12.8. The molecule has 5 rings (SSSR count). The minimum atomic E-state index is -0.505. The molecule has 0 aliphatic heterocycles. The van der Waals surface area contributed by atoms with E-state index in [9.17, 15) is 15.3 Å². The molecular formula is C32H27BrN4O2S. The van der Waals surface area contributed by atoms with Crippen LogP contribution in [0.5, 0.6) is 5.75 Å². The lowest BCUT2D eigenvalue weighted by molar-refractivity contribution is -0.112. The molecule has 0 radical (unpaired) electrons. The first-order valence-corrected chi connectivity index (χ1v) is 14.6. The first-order valence-electron chi connectivity index (χ1n) is 13.0. The molecule has 2 aromatic carbocycles. The first kappa shape index (κ1) is 27.5. The molecule has 0 saturated carbocycles. The molecule has 2 heterocycles. The van der Waals surface area contributed by atoms with Crippen LogP contribution in [-0.2, 0) is 24.2 Å². The van der Waals surface area contributed by atoms with Crippen LogP contribution in [0, 0.1) is 36.5 Å². The van der Waals surface area contributed by atoms with E-state index in [0.29, 0.717) is 17.2 Å². The van der Waals surface area contributed by atoms with Gasteiger partial charge in [-0.2, -0.15) is 10.5 Å². The van der Waals surface area contributed by atoms with Crippen LogP contribution in [0.2, 0.25) is 0 Å². The molecule has 1 N–H and O–H groups in total. The number of hydrogen-bond donors (Lipinski definition) is 1. The molecule has 0 saturated heterocycles. The minimum Gasteiger partial charge on any atom is -0.489 e. The Bertz CT molecular complexity index is 1680. The number of anilines is 1. The number of fused-ring (bicyclic) bond motifs is 1. The van der Waals surface area contributed by atoms with Crippen LogP contribution in [0.4, 0.5) is 5.00 Å². The molecule has 0 fully saturated rings. The van der Waals surface area contributed by atoms with Crippen LogP contribution in [0.25, 0.3) is 11.8 Å². The summed E-state index contributed by atoms with van der Waals surface area (Å²) in [5.74, 6) is 0.263.